The van der Waals surface area contributed by atoms with Crippen LogP contribution < -0.4 is 0 Å². The van der Waals surface area contributed by atoms with E-state index in [0.29, 0.717) is 0 Å². The largest absolute Gasteiger partial charge is 0.380 e. The van der Waals surface area contributed by atoms with Crippen molar-refractivity contribution in [1.82, 2.24) is 4.90 Å². The first-order valence-electron chi connectivity index (χ1n) is 5.23. The van der Waals surface area contributed by atoms with Crippen LogP contribution in [0.2, 0.25) is 0 Å². The first-order valence-corrected chi connectivity index (χ1v) is 5.23. The molecule has 2 rings (SSSR count). The minimum Gasteiger partial charge on any atom is -0.380 e. The van der Waals surface area contributed by atoms with Crippen LogP contribution in [0.15, 0.2) is 12.3 Å². The van der Waals surface area contributed by atoms with E-state index >= 15 is 0 Å². The van der Waals surface area contributed by atoms with E-state index in [9.17, 15) is 0 Å². The van der Waals surface area contributed by atoms with Crippen LogP contribution in [0.4, 0.5) is 0 Å². The van der Waals surface area contributed by atoms with Crippen molar-refractivity contribution in [2.24, 2.45) is 11.8 Å². The highest BCUT2D eigenvalue weighted by Crippen LogP contribution is 2.32. The fraction of sp³-hybridized carbons (Fsp3) is 0.818. The lowest BCUT2D eigenvalue weighted by Gasteiger charge is -2.15. The smallest absolute Gasteiger partial charge is 0.0232 e. The van der Waals surface area contributed by atoms with Gasteiger partial charge in [0, 0.05) is 13.6 Å². The molecule has 1 unspecified atom stereocenters. The van der Waals surface area contributed by atoms with Gasteiger partial charge in [0.1, 0.15) is 0 Å². The molecule has 0 aromatic carbocycles. The molecule has 68 valence electrons. The fourth-order valence-electron chi connectivity index (χ4n) is 2.59. The van der Waals surface area contributed by atoms with E-state index in [1.165, 1.54) is 38.6 Å². The molecule has 0 spiro atoms. The Bertz CT molecular complexity index is 168. The van der Waals surface area contributed by atoms with Crippen LogP contribution >= 0.6 is 0 Å². The van der Waals surface area contributed by atoms with Gasteiger partial charge >= 0.3 is 0 Å². The first-order chi connectivity index (χ1) is 5.84. The highest BCUT2D eigenvalue weighted by molar-refractivity contribution is 4.97. The van der Waals surface area contributed by atoms with E-state index in [4.69, 9.17) is 0 Å². The zero-order valence-electron chi connectivity index (χ0n) is 8.00. The van der Waals surface area contributed by atoms with Crippen molar-refractivity contribution < 1.29 is 0 Å². The highest BCUT2D eigenvalue weighted by atomic mass is 15.1. The maximum atomic E-state index is 2.39. The third-order valence-electron chi connectivity index (χ3n) is 3.25. The summed E-state index contributed by atoms with van der Waals surface area (Å²) in [6, 6.07) is 0. The Morgan fingerprint density at radius 2 is 2.08 bits per heavy atom. The van der Waals surface area contributed by atoms with Gasteiger partial charge in [0.25, 0.3) is 0 Å². The van der Waals surface area contributed by atoms with E-state index in [0.717, 1.165) is 11.8 Å². The summed E-state index contributed by atoms with van der Waals surface area (Å²) in [4.78, 5) is 2.31. The molecular weight excluding hydrogens is 146 g/mol. The van der Waals surface area contributed by atoms with E-state index in [2.05, 4.69) is 24.2 Å². The number of nitrogens with zero attached hydrogens (tertiary/aromatic N) is 1. The van der Waals surface area contributed by atoms with Crippen LogP contribution in [0.25, 0.3) is 0 Å². The normalized spacial score (nSPS) is 30.4. The second-order valence-corrected chi connectivity index (χ2v) is 4.43. The highest BCUT2D eigenvalue weighted by Gasteiger charge is 2.21. The topological polar surface area (TPSA) is 3.24 Å². The van der Waals surface area contributed by atoms with Gasteiger partial charge in [0.15, 0.2) is 0 Å². The molecule has 0 radical (unpaired) electrons. The van der Waals surface area contributed by atoms with E-state index in [1.807, 2.05) is 0 Å². The second-order valence-electron chi connectivity index (χ2n) is 4.43. The van der Waals surface area contributed by atoms with Gasteiger partial charge in [-0.15, -0.1) is 0 Å². The average molecular weight is 165 g/mol. The average Bonchev–Trinajstić information content (AvgIpc) is 2.63. The lowest BCUT2D eigenvalue weighted by Crippen LogP contribution is -2.14. The van der Waals surface area contributed by atoms with Crippen molar-refractivity contribution in [1.29, 1.82) is 0 Å². The van der Waals surface area contributed by atoms with Crippen molar-refractivity contribution in [3.63, 3.8) is 0 Å². The minimum absolute atomic E-state index is 0.859. The predicted octanol–water partition coefficient (Wildman–Crippen LogP) is 2.64. The predicted molar refractivity (Wildman–Crippen MR) is 51.8 cm³/mol. The Hall–Kier alpha value is -0.460. The molecule has 1 atom stereocenters. The zero-order valence-corrected chi connectivity index (χ0v) is 8.00. The molecule has 1 nitrogen and oxygen atoms in total. The van der Waals surface area contributed by atoms with Gasteiger partial charge < -0.3 is 4.90 Å². The Labute approximate surface area is 75.4 Å². The Morgan fingerprint density at radius 3 is 2.67 bits per heavy atom. The quantitative estimate of drug-likeness (QED) is 0.608. The van der Waals surface area contributed by atoms with Crippen LogP contribution in [0.3, 0.4) is 0 Å². The SMILES string of the molecule is CN1C=CC(CC2CCCC2)C1. The summed E-state index contributed by atoms with van der Waals surface area (Å²) in [7, 11) is 2.17. The fourth-order valence-corrected chi connectivity index (χ4v) is 2.59. The molecule has 0 bridgehead atoms. The van der Waals surface area contributed by atoms with Crippen molar-refractivity contribution in [2.45, 2.75) is 32.1 Å². The second kappa shape index (κ2) is 3.51. The molecule has 12 heavy (non-hydrogen) atoms. The van der Waals surface area contributed by atoms with Crippen molar-refractivity contribution >= 4 is 0 Å². The van der Waals surface area contributed by atoms with Gasteiger partial charge in [-0.2, -0.15) is 0 Å². The molecule has 1 fully saturated rings. The van der Waals surface area contributed by atoms with Crippen LogP contribution in [0.1, 0.15) is 32.1 Å². The van der Waals surface area contributed by atoms with Gasteiger partial charge in [0.2, 0.25) is 0 Å². The monoisotopic (exact) mass is 165 g/mol. The van der Waals surface area contributed by atoms with Gasteiger partial charge in [0.05, 0.1) is 0 Å². The molecule has 0 aromatic rings. The van der Waals surface area contributed by atoms with E-state index in [1.54, 1.807) is 0 Å². The standard InChI is InChI=1S/C11H19N/c1-12-7-6-11(9-12)8-10-4-2-3-5-10/h6-7,10-11H,2-5,8-9H2,1H3. The number of hydrogen-bond donors (Lipinski definition) is 0. The van der Waals surface area contributed by atoms with Gasteiger partial charge in [-0.3, -0.25) is 0 Å². The summed E-state index contributed by atoms with van der Waals surface area (Å²) < 4.78 is 0. The summed E-state index contributed by atoms with van der Waals surface area (Å²) in [5.41, 5.74) is 0. The lowest BCUT2D eigenvalue weighted by molar-refractivity contribution is 0.369. The molecular formula is C11H19N. The third-order valence-corrected chi connectivity index (χ3v) is 3.25. The molecule has 1 heterocycles. The van der Waals surface area contributed by atoms with E-state index < -0.39 is 0 Å². The lowest BCUT2D eigenvalue weighted by atomic mass is 9.94. The molecule has 1 saturated carbocycles. The molecule has 1 aliphatic carbocycles. The Morgan fingerprint density at radius 1 is 1.33 bits per heavy atom. The van der Waals surface area contributed by atoms with Gasteiger partial charge in [-0.1, -0.05) is 31.8 Å². The first kappa shape index (κ1) is 8.15. The summed E-state index contributed by atoms with van der Waals surface area (Å²) in [6.07, 6.45) is 12.0. The Balaban J connectivity index is 1.76. The van der Waals surface area contributed by atoms with Crippen LogP contribution in [0.5, 0.6) is 0 Å². The molecule has 2 aliphatic rings. The van der Waals surface area contributed by atoms with E-state index in [-0.39, 0.29) is 0 Å². The third kappa shape index (κ3) is 1.82. The minimum atomic E-state index is 0.859. The maximum absolute atomic E-state index is 2.39. The number of hydrogen-bond acceptors (Lipinski definition) is 1. The van der Waals surface area contributed by atoms with Crippen molar-refractivity contribution in [3.05, 3.63) is 12.3 Å². The maximum Gasteiger partial charge on any atom is 0.0232 e. The molecule has 1 aliphatic heterocycles. The summed E-state index contributed by atoms with van der Waals surface area (Å²) in [5.74, 6) is 1.91. The number of rotatable bonds is 2. The molecule has 1 heteroatoms. The summed E-state index contributed by atoms with van der Waals surface area (Å²) in [5, 5.41) is 0. The zero-order chi connectivity index (χ0) is 8.39. The Kier molecular flexibility index (Phi) is 2.38. The summed E-state index contributed by atoms with van der Waals surface area (Å²) in [6.45, 7) is 1.26. The molecule has 0 saturated heterocycles. The molecule has 0 N–H and O–H groups in total. The van der Waals surface area contributed by atoms with Crippen molar-refractivity contribution in [2.75, 3.05) is 13.6 Å². The van der Waals surface area contributed by atoms with Crippen LogP contribution in [-0.4, -0.2) is 18.5 Å². The van der Waals surface area contributed by atoms with Crippen LogP contribution in [-0.2, 0) is 0 Å². The summed E-state index contributed by atoms with van der Waals surface area (Å²) >= 11 is 0. The molecule has 0 amide bonds. The van der Waals surface area contributed by atoms with Gasteiger partial charge in [-0.25, -0.2) is 0 Å². The van der Waals surface area contributed by atoms with Gasteiger partial charge in [-0.05, 0) is 24.5 Å². The van der Waals surface area contributed by atoms with Crippen LogP contribution in [0, 0.1) is 11.8 Å². The van der Waals surface area contributed by atoms with Crippen molar-refractivity contribution in [3.8, 4) is 0 Å². The molecule has 0 aromatic heterocycles.